The number of benzene rings is 2. The first kappa shape index (κ1) is 16.3. The fraction of sp³-hybridized carbons (Fsp3) is 0.286. The quantitative estimate of drug-likeness (QED) is 0.755. The number of nitrogens with two attached hydrogens (primary N) is 1. The highest BCUT2D eigenvalue weighted by molar-refractivity contribution is 5.76. The molecular formula is C21H25N3. The molecule has 0 aliphatic rings. The van der Waals surface area contributed by atoms with Crippen LogP contribution in [-0.4, -0.2) is 9.78 Å². The minimum atomic E-state index is -0.0490. The van der Waals surface area contributed by atoms with Crippen LogP contribution in [0.25, 0.3) is 11.1 Å². The van der Waals surface area contributed by atoms with E-state index in [1.807, 2.05) is 29.8 Å². The van der Waals surface area contributed by atoms with E-state index in [4.69, 9.17) is 10.8 Å². The first-order chi connectivity index (χ1) is 11.4. The molecule has 24 heavy (non-hydrogen) atoms. The van der Waals surface area contributed by atoms with E-state index in [2.05, 4.69) is 57.2 Å². The number of rotatable bonds is 4. The van der Waals surface area contributed by atoms with Gasteiger partial charge in [-0.05, 0) is 25.0 Å². The Morgan fingerprint density at radius 3 is 2.38 bits per heavy atom. The summed E-state index contributed by atoms with van der Waals surface area (Å²) < 4.78 is 1.94. The van der Waals surface area contributed by atoms with Crippen LogP contribution in [0, 0.1) is 13.8 Å². The molecule has 0 amide bonds. The van der Waals surface area contributed by atoms with Crippen molar-refractivity contribution >= 4 is 5.82 Å². The van der Waals surface area contributed by atoms with Gasteiger partial charge in [0.1, 0.15) is 5.82 Å². The molecule has 0 unspecified atom stereocenters. The maximum absolute atomic E-state index is 6.45. The van der Waals surface area contributed by atoms with Gasteiger partial charge in [0.05, 0.1) is 12.2 Å². The Morgan fingerprint density at radius 1 is 1.00 bits per heavy atom. The standard InChI is InChI=1S/C21H25N3/c1-15-9-8-12-18(13-15)21(3,4)14-24-20(22)19(16(2)23-24)17-10-6-5-7-11-17/h5-13H,14,22H2,1-4H3. The van der Waals surface area contributed by atoms with Crippen molar-refractivity contribution in [1.82, 2.24) is 9.78 Å². The Labute approximate surface area is 144 Å². The maximum Gasteiger partial charge on any atom is 0.129 e. The van der Waals surface area contributed by atoms with Crippen molar-refractivity contribution in [3.05, 3.63) is 71.4 Å². The molecule has 0 fully saturated rings. The smallest absolute Gasteiger partial charge is 0.129 e. The van der Waals surface area contributed by atoms with E-state index in [1.54, 1.807) is 0 Å². The average molecular weight is 319 g/mol. The van der Waals surface area contributed by atoms with Crippen molar-refractivity contribution in [3.8, 4) is 11.1 Å². The van der Waals surface area contributed by atoms with Gasteiger partial charge in [-0.25, -0.2) is 4.68 Å². The molecule has 2 N–H and O–H groups in total. The van der Waals surface area contributed by atoms with Crippen molar-refractivity contribution in [2.45, 2.75) is 39.7 Å². The molecule has 124 valence electrons. The first-order valence-electron chi connectivity index (χ1n) is 8.34. The Bertz CT molecular complexity index is 845. The number of hydrogen-bond donors (Lipinski definition) is 1. The molecule has 2 aromatic carbocycles. The van der Waals surface area contributed by atoms with Crippen LogP contribution in [0.15, 0.2) is 54.6 Å². The lowest BCUT2D eigenvalue weighted by Crippen LogP contribution is -2.26. The van der Waals surface area contributed by atoms with Gasteiger partial charge >= 0.3 is 0 Å². The fourth-order valence-corrected chi connectivity index (χ4v) is 3.21. The van der Waals surface area contributed by atoms with Crippen LogP contribution in [0.4, 0.5) is 5.82 Å². The van der Waals surface area contributed by atoms with Crippen molar-refractivity contribution < 1.29 is 0 Å². The molecular weight excluding hydrogens is 294 g/mol. The van der Waals surface area contributed by atoms with Gasteiger partial charge in [0.25, 0.3) is 0 Å². The summed E-state index contributed by atoms with van der Waals surface area (Å²) in [5, 5.41) is 4.71. The van der Waals surface area contributed by atoms with Gasteiger partial charge in [0.15, 0.2) is 0 Å². The van der Waals surface area contributed by atoms with Crippen LogP contribution in [0.1, 0.15) is 30.7 Å². The normalized spacial score (nSPS) is 11.7. The molecule has 3 nitrogen and oxygen atoms in total. The van der Waals surface area contributed by atoms with E-state index < -0.39 is 0 Å². The summed E-state index contributed by atoms with van der Waals surface area (Å²) in [5.74, 6) is 0.736. The van der Waals surface area contributed by atoms with E-state index in [9.17, 15) is 0 Å². The van der Waals surface area contributed by atoms with Crippen LogP contribution in [0.5, 0.6) is 0 Å². The minimum Gasteiger partial charge on any atom is -0.383 e. The lowest BCUT2D eigenvalue weighted by atomic mass is 9.84. The van der Waals surface area contributed by atoms with E-state index in [1.165, 1.54) is 11.1 Å². The summed E-state index contributed by atoms with van der Waals surface area (Å²) in [6.45, 7) is 9.37. The number of aryl methyl sites for hydroxylation is 2. The SMILES string of the molecule is Cc1cccc(C(C)(C)Cn2nc(C)c(-c3ccccc3)c2N)c1. The Kier molecular flexibility index (Phi) is 4.18. The number of anilines is 1. The molecule has 0 saturated heterocycles. The summed E-state index contributed by atoms with van der Waals surface area (Å²) in [7, 11) is 0. The van der Waals surface area contributed by atoms with Crippen molar-refractivity contribution in [1.29, 1.82) is 0 Å². The topological polar surface area (TPSA) is 43.8 Å². The monoisotopic (exact) mass is 319 g/mol. The number of hydrogen-bond acceptors (Lipinski definition) is 2. The summed E-state index contributed by atoms with van der Waals surface area (Å²) in [4.78, 5) is 0. The summed E-state index contributed by atoms with van der Waals surface area (Å²) in [5.41, 5.74) is 12.1. The Morgan fingerprint density at radius 2 is 1.71 bits per heavy atom. The predicted molar refractivity (Wildman–Crippen MR) is 101 cm³/mol. The molecule has 0 atom stereocenters. The predicted octanol–water partition coefficient (Wildman–Crippen LogP) is 4.73. The average Bonchev–Trinajstić information content (AvgIpc) is 2.81. The van der Waals surface area contributed by atoms with E-state index in [0.717, 1.165) is 29.2 Å². The molecule has 1 heterocycles. The highest BCUT2D eigenvalue weighted by Crippen LogP contribution is 2.32. The number of aromatic nitrogens is 2. The van der Waals surface area contributed by atoms with Crippen molar-refractivity contribution in [3.63, 3.8) is 0 Å². The third-order valence-electron chi connectivity index (χ3n) is 4.57. The molecule has 3 heteroatoms. The zero-order valence-electron chi connectivity index (χ0n) is 14.9. The third kappa shape index (κ3) is 3.07. The first-order valence-corrected chi connectivity index (χ1v) is 8.34. The van der Waals surface area contributed by atoms with Gasteiger partial charge in [-0.15, -0.1) is 0 Å². The van der Waals surface area contributed by atoms with Crippen LogP contribution in [-0.2, 0) is 12.0 Å². The summed E-state index contributed by atoms with van der Waals surface area (Å²) in [6.07, 6.45) is 0. The van der Waals surface area contributed by atoms with Gasteiger partial charge in [0.2, 0.25) is 0 Å². The Balaban J connectivity index is 1.97. The van der Waals surface area contributed by atoms with Gasteiger partial charge in [0, 0.05) is 11.0 Å². The van der Waals surface area contributed by atoms with Crippen LogP contribution >= 0.6 is 0 Å². The molecule has 0 bridgehead atoms. The third-order valence-corrected chi connectivity index (χ3v) is 4.57. The molecule has 0 aliphatic carbocycles. The highest BCUT2D eigenvalue weighted by Gasteiger charge is 2.24. The molecule has 0 aliphatic heterocycles. The lowest BCUT2D eigenvalue weighted by molar-refractivity contribution is 0.411. The van der Waals surface area contributed by atoms with Gasteiger partial charge < -0.3 is 5.73 Å². The van der Waals surface area contributed by atoms with Crippen LogP contribution < -0.4 is 5.73 Å². The van der Waals surface area contributed by atoms with Crippen LogP contribution in [0.2, 0.25) is 0 Å². The van der Waals surface area contributed by atoms with Gasteiger partial charge in [-0.2, -0.15) is 5.10 Å². The van der Waals surface area contributed by atoms with E-state index >= 15 is 0 Å². The largest absolute Gasteiger partial charge is 0.383 e. The number of nitrogens with zero attached hydrogens (tertiary/aromatic N) is 2. The van der Waals surface area contributed by atoms with E-state index in [-0.39, 0.29) is 5.41 Å². The summed E-state index contributed by atoms with van der Waals surface area (Å²) >= 11 is 0. The fourth-order valence-electron chi connectivity index (χ4n) is 3.21. The molecule has 0 saturated carbocycles. The second-order valence-corrected chi connectivity index (χ2v) is 7.12. The summed E-state index contributed by atoms with van der Waals surface area (Å²) in [6, 6.07) is 18.9. The number of nitrogen functional groups attached to an aromatic ring is 1. The van der Waals surface area contributed by atoms with Gasteiger partial charge in [-0.3, -0.25) is 0 Å². The molecule has 1 aromatic heterocycles. The minimum absolute atomic E-state index is 0.0490. The van der Waals surface area contributed by atoms with Crippen molar-refractivity contribution in [2.24, 2.45) is 0 Å². The Hall–Kier alpha value is -2.55. The maximum atomic E-state index is 6.45. The molecule has 0 spiro atoms. The second kappa shape index (κ2) is 6.16. The lowest BCUT2D eigenvalue weighted by Gasteiger charge is -2.26. The highest BCUT2D eigenvalue weighted by atomic mass is 15.3. The van der Waals surface area contributed by atoms with Crippen molar-refractivity contribution in [2.75, 3.05) is 5.73 Å². The van der Waals surface area contributed by atoms with Gasteiger partial charge in [-0.1, -0.05) is 74.0 Å². The molecule has 3 aromatic rings. The second-order valence-electron chi connectivity index (χ2n) is 7.12. The zero-order chi connectivity index (χ0) is 17.3. The van der Waals surface area contributed by atoms with E-state index in [0.29, 0.717) is 0 Å². The molecule has 0 radical (unpaired) electrons. The molecule has 3 rings (SSSR count). The van der Waals surface area contributed by atoms with Crippen LogP contribution in [0.3, 0.4) is 0 Å². The zero-order valence-corrected chi connectivity index (χ0v) is 14.9.